The first-order valence-electron chi connectivity index (χ1n) is 14.9. The van der Waals surface area contributed by atoms with Crippen LogP contribution in [-0.2, 0) is 31.1 Å². The van der Waals surface area contributed by atoms with E-state index in [1.165, 1.54) is 11.4 Å². The normalized spacial score (nSPS) is 11.9. The highest BCUT2D eigenvalue weighted by atomic mass is 32.1. The van der Waals surface area contributed by atoms with Crippen LogP contribution in [0.3, 0.4) is 0 Å². The molecule has 0 saturated carbocycles. The summed E-state index contributed by atoms with van der Waals surface area (Å²) in [5, 5.41) is 24.0. The monoisotopic (exact) mass is 680 g/mol. The van der Waals surface area contributed by atoms with Crippen LogP contribution in [-0.4, -0.2) is 64.0 Å². The average Bonchev–Trinajstić information content (AvgIpc) is 3.46. The number of ether oxygens (including phenoxy) is 1. The fraction of sp³-hybridized carbons (Fsp3) is 0.364. The molecule has 0 saturated heterocycles. The predicted molar refractivity (Wildman–Crippen MR) is 180 cm³/mol. The first kappa shape index (κ1) is 37.2. The van der Waals surface area contributed by atoms with Crippen LogP contribution in [0.25, 0.3) is 0 Å². The van der Waals surface area contributed by atoms with Gasteiger partial charge < -0.3 is 31.1 Å². The zero-order chi connectivity index (χ0) is 35.6. The number of carbonyl (C=O) groups is 6. The molecule has 14 nitrogen and oxygen atoms in total. The first-order valence-corrected chi connectivity index (χ1v) is 15.8. The molecule has 0 radical (unpaired) electrons. The quantitative estimate of drug-likeness (QED) is 0.153. The van der Waals surface area contributed by atoms with Crippen molar-refractivity contribution in [2.45, 2.75) is 71.6 Å². The minimum Gasteiger partial charge on any atom is -0.478 e. The molecule has 1 atom stereocenters. The summed E-state index contributed by atoms with van der Waals surface area (Å²) in [4.78, 5) is 80.1. The molecule has 15 heteroatoms. The second kappa shape index (κ2) is 16.0. The number of urea groups is 1. The Hall–Kier alpha value is -5.31. The zero-order valence-electron chi connectivity index (χ0n) is 27.6. The fourth-order valence-electron chi connectivity index (χ4n) is 4.31. The van der Waals surface area contributed by atoms with Gasteiger partial charge in [0, 0.05) is 11.9 Å². The molecule has 0 aliphatic carbocycles. The molecular weight excluding hydrogens is 640 g/mol. The van der Waals surface area contributed by atoms with Gasteiger partial charge in [-0.05, 0) is 43.4 Å². The lowest BCUT2D eigenvalue weighted by atomic mass is 9.84. The van der Waals surface area contributed by atoms with E-state index < -0.39 is 65.7 Å². The third-order valence-electron chi connectivity index (χ3n) is 6.46. The highest BCUT2D eigenvalue weighted by molar-refractivity contribution is 7.14. The van der Waals surface area contributed by atoms with E-state index in [4.69, 9.17) is 4.74 Å². The molecule has 48 heavy (non-hydrogen) atoms. The maximum absolute atomic E-state index is 13.5. The molecule has 0 bridgehead atoms. The van der Waals surface area contributed by atoms with E-state index >= 15 is 0 Å². The van der Waals surface area contributed by atoms with Crippen molar-refractivity contribution in [2.24, 2.45) is 0 Å². The molecule has 3 rings (SSSR count). The molecule has 5 amide bonds. The zero-order valence-corrected chi connectivity index (χ0v) is 28.4. The van der Waals surface area contributed by atoms with Gasteiger partial charge in [0.05, 0.1) is 24.2 Å². The standard InChI is InChI=1S/C33H40N6O8S/c1-32(2,3)21-14-10-13-20(29(44)45)26(21)38-28(43)22(15-25(41)47-33(4,5)6)36-24(40)17-34-27(42)23-18-48-31(37-23)39-30(46)35-16-19-11-8-7-9-12-19/h7-14,18,22H,15-17H2,1-6H3,(H,34,42)(H,36,40)(H,38,43)(H,44,45)(H2,35,37,39,46). The Bertz CT molecular complexity index is 1660. The van der Waals surface area contributed by atoms with Crippen molar-refractivity contribution < 1.29 is 38.6 Å². The van der Waals surface area contributed by atoms with Crippen LogP contribution in [0.2, 0.25) is 0 Å². The minimum absolute atomic E-state index is 0.0286. The number of carbonyl (C=O) groups excluding carboxylic acids is 5. The smallest absolute Gasteiger partial charge is 0.337 e. The molecule has 3 aromatic rings. The number of hydrogen-bond acceptors (Lipinski definition) is 9. The fourth-order valence-corrected chi connectivity index (χ4v) is 5.00. The number of aromatic carboxylic acids is 1. The van der Waals surface area contributed by atoms with E-state index in [2.05, 4.69) is 31.6 Å². The van der Waals surface area contributed by atoms with Gasteiger partial charge in [-0.3, -0.25) is 24.5 Å². The van der Waals surface area contributed by atoms with Crippen molar-refractivity contribution in [1.29, 1.82) is 0 Å². The van der Waals surface area contributed by atoms with E-state index in [0.29, 0.717) is 5.56 Å². The van der Waals surface area contributed by atoms with Crippen LogP contribution >= 0.6 is 11.3 Å². The maximum atomic E-state index is 13.5. The number of nitrogens with zero attached hydrogens (tertiary/aromatic N) is 1. The predicted octanol–water partition coefficient (Wildman–Crippen LogP) is 4.05. The summed E-state index contributed by atoms with van der Waals surface area (Å²) >= 11 is 1.00. The molecule has 6 N–H and O–H groups in total. The largest absolute Gasteiger partial charge is 0.478 e. The number of rotatable bonds is 12. The summed E-state index contributed by atoms with van der Waals surface area (Å²) in [7, 11) is 0. The third-order valence-corrected chi connectivity index (χ3v) is 7.21. The molecule has 0 aliphatic rings. The molecule has 2 aromatic carbocycles. The number of para-hydroxylation sites is 1. The first-order chi connectivity index (χ1) is 22.4. The molecule has 0 fully saturated rings. The van der Waals surface area contributed by atoms with E-state index in [1.807, 2.05) is 51.1 Å². The van der Waals surface area contributed by atoms with Crippen molar-refractivity contribution in [3.63, 3.8) is 0 Å². The van der Waals surface area contributed by atoms with Gasteiger partial charge in [0.25, 0.3) is 5.91 Å². The van der Waals surface area contributed by atoms with Crippen molar-refractivity contribution >= 4 is 57.8 Å². The van der Waals surface area contributed by atoms with Crippen molar-refractivity contribution in [3.05, 3.63) is 76.3 Å². The molecule has 256 valence electrons. The second-order valence-electron chi connectivity index (χ2n) is 12.7. The van der Waals surface area contributed by atoms with Gasteiger partial charge in [-0.2, -0.15) is 0 Å². The Morgan fingerprint density at radius 3 is 2.21 bits per heavy atom. The Balaban J connectivity index is 1.67. The molecule has 1 heterocycles. The number of benzene rings is 2. The van der Waals surface area contributed by atoms with Crippen LogP contribution in [0.4, 0.5) is 15.6 Å². The Kier molecular flexibility index (Phi) is 12.4. The topological polar surface area (TPSA) is 205 Å². The molecule has 0 aliphatic heterocycles. The maximum Gasteiger partial charge on any atom is 0.337 e. The van der Waals surface area contributed by atoms with Crippen LogP contribution in [0, 0.1) is 0 Å². The Morgan fingerprint density at radius 2 is 1.58 bits per heavy atom. The van der Waals surface area contributed by atoms with Gasteiger partial charge in [-0.25, -0.2) is 14.6 Å². The highest BCUT2D eigenvalue weighted by Crippen LogP contribution is 2.32. The van der Waals surface area contributed by atoms with Gasteiger partial charge in [0.1, 0.15) is 17.3 Å². The molecule has 0 spiro atoms. The molecule has 1 aromatic heterocycles. The summed E-state index contributed by atoms with van der Waals surface area (Å²) in [6.07, 6.45) is -0.573. The molecule has 1 unspecified atom stereocenters. The van der Waals surface area contributed by atoms with Crippen LogP contribution < -0.4 is 26.6 Å². The Morgan fingerprint density at radius 1 is 0.896 bits per heavy atom. The van der Waals surface area contributed by atoms with Crippen molar-refractivity contribution in [1.82, 2.24) is 20.9 Å². The SMILES string of the molecule is CC(C)(C)OC(=O)CC(NC(=O)CNC(=O)c1csc(NC(=O)NCc2ccccc2)n1)C(=O)Nc1c(C(=O)O)cccc1C(C)(C)C. The summed E-state index contributed by atoms with van der Waals surface area (Å²) in [5.41, 5.74) is -0.229. The number of anilines is 2. The van der Waals surface area contributed by atoms with E-state index in [0.717, 1.165) is 16.9 Å². The van der Waals surface area contributed by atoms with Crippen LogP contribution in [0.5, 0.6) is 0 Å². The van der Waals surface area contributed by atoms with Crippen LogP contribution in [0.15, 0.2) is 53.9 Å². The highest BCUT2D eigenvalue weighted by Gasteiger charge is 2.30. The number of aromatic nitrogens is 1. The summed E-state index contributed by atoms with van der Waals surface area (Å²) in [6, 6.07) is 11.8. The van der Waals surface area contributed by atoms with E-state index in [9.17, 15) is 33.9 Å². The van der Waals surface area contributed by atoms with Gasteiger partial charge in [0.2, 0.25) is 11.8 Å². The summed E-state index contributed by atoms with van der Waals surface area (Å²) in [6.45, 7) is 10.2. The lowest BCUT2D eigenvalue weighted by Gasteiger charge is -2.26. The molecular formula is C33H40N6O8S. The lowest BCUT2D eigenvalue weighted by Crippen LogP contribution is -2.49. The number of nitrogens with one attached hydrogen (secondary N) is 5. The van der Waals surface area contributed by atoms with E-state index in [1.54, 1.807) is 32.9 Å². The number of esters is 1. The van der Waals surface area contributed by atoms with Gasteiger partial charge >= 0.3 is 18.0 Å². The number of hydrogen-bond donors (Lipinski definition) is 6. The Labute approximate surface area is 282 Å². The average molecular weight is 681 g/mol. The van der Waals surface area contributed by atoms with Gasteiger partial charge in [-0.15, -0.1) is 11.3 Å². The van der Waals surface area contributed by atoms with E-state index in [-0.39, 0.29) is 28.6 Å². The second-order valence-corrected chi connectivity index (χ2v) is 13.6. The minimum atomic E-state index is -1.48. The number of amides is 5. The van der Waals surface area contributed by atoms with Crippen molar-refractivity contribution in [2.75, 3.05) is 17.2 Å². The van der Waals surface area contributed by atoms with Crippen LogP contribution in [0.1, 0.15) is 79.9 Å². The number of carboxylic acid groups (broad SMARTS) is 1. The third kappa shape index (κ3) is 11.5. The lowest BCUT2D eigenvalue weighted by molar-refractivity contribution is -0.156. The van der Waals surface area contributed by atoms with Crippen molar-refractivity contribution in [3.8, 4) is 0 Å². The summed E-state index contributed by atoms with van der Waals surface area (Å²) in [5.74, 6) is -4.47. The number of thiazole rings is 1. The van der Waals surface area contributed by atoms with Gasteiger partial charge in [-0.1, -0.05) is 63.2 Å². The number of carboxylic acids is 1. The van der Waals surface area contributed by atoms with Gasteiger partial charge in [0.15, 0.2) is 5.13 Å². The summed E-state index contributed by atoms with van der Waals surface area (Å²) < 4.78 is 5.34.